The molecule has 2 aromatic carbocycles. The van der Waals surface area contributed by atoms with Crippen molar-refractivity contribution in [2.75, 3.05) is 0 Å². The van der Waals surface area contributed by atoms with Crippen LogP contribution in [-0.4, -0.2) is 0 Å². The first-order chi connectivity index (χ1) is 11.6. The Bertz CT molecular complexity index is 610. The molecule has 0 bridgehead atoms. The quantitative estimate of drug-likeness (QED) is 0.522. The third-order valence-electron chi connectivity index (χ3n) is 5.65. The molecule has 24 heavy (non-hydrogen) atoms. The van der Waals surface area contributed by atoms with Crippen LogP contribution in [0.3, 0.4) is 0 Å². The molecule has 0 aliphatic heterocycles. The fourth-order valence-corrected chi connectivity index (χ4v) is 3.85. The molecule has 1 aliphatic rings. The van der Waals surface area contributed by atoms with E-state index in [0.29, 0.717) is 5.92 Å². The van der Waals surface area contributed by atoms with E-state index in [1.807, 2.05) is 27.7 Å². The van der Waals surface area contributed by atoms with Gasteiger partial charge in [-0.2, -0.15) is 0 Å². The molecular formula is C24H38. The molecule has 1 aliphatic carbocycles. The van der Waals surface area contributed by atoms with Gasteiger partial charge in [0.25, 0.3) is 0 Å². The van der Waals surface area contributed by atoms with Gasteiger partial charge in [-0.05, 0) is 52.0 Å². The van der Waals surface area contributed by atoms with Crippen LogP contribution in [0.4, 0.5) is 0 Å². The van der Waals surface area contributed by atoms with Crippen molar-refractivity contribution < 1.29 is 0 Å². The maximum atomic E-state index is 2.48. The van der Waals surface area contributed by atoms with E-state index in [9.17, 15) is 0 Å². The highest BCUT2D eigenvalue weighted by atomic mass is 14.4. The van der Waals surface area contributed by atoms with Gasteiger partial charge in [-0.1, -0.05) is 98.2 Å². The van der Waals surface area contributed by atoms with Crippen LogP contribution in [0, 0.1) is 11.8 Å². The van der Waals surface area contributed by atoms with Crippen molar-refractivity contribution in [3.8, 4) is 0 Å². The minimum Gasteiger partial charge on any atom is -0.0683 e. The second-order valence-corrected chi connectivity index (χ2v) is 6.82. The lowest BCUT2D eigenvalue weighted by molar-refractivity contribution is 0.311. The van der Waals surface area contributed by atoms with E-state index in [1.54, 1.807) is 11.1 Å². The third kappa shape index (κ3) is 4.21. The second-order valence-electron chi connectivity index (χ2n) is 6.82. The summed E-state index contributed by atoms with van der Waals surface area (Å²) >= 11 is 0. The van der Waals surface area contributed by atoms with Gasteiger partial charge in [-0.3, -0.25) is 0 Å². The molecule has 4 atom stereocenters. The van der Waals surface area contributed by atoms with E-state index in [2.05, 4.69) is 64.1 Å². The van der Waals surface area contributed by atoms with Crippen LogP contribution in [0.1, 0.15) is 91.2 Å². The molecule has 2 aromatic rings. The van der Waals surface area contributed by atoms with E-state index >= 15 is 0 Å². The zero-order chi connectivity index (χ0) is 18.3. The summed E-state index contributed by atoms with van der Waals surface area (Å²) in [6.07, 6.45) is 2.62. The second kappa shape index (κ2) is 9.87. The first-order valence-electron chi connectivity index (χ1n) is 10.1. The molecule has 0 heterocycles. The van der Waals surface area contributed by atoms with Gasteiger partial charge >= 0.3 is 0 Å². The highest BCUT2D eigenvalue weighted by molar-refractivity contribution is 5.84. The van der Waals surface area contributed by atoms with E-state index in [-0.39, 0.29) is 0 Å². The van der Waals surface area contributed by atoms with Gasteiger partial charge in [-0.15, -0.1) is 0 Å². The minimum absolute atomic E-state index is 0.690. The van der Waals surface area contributed by atoms with Gasteiger partial charge in [0.2, 0.25) is 0 Å². The number of fused-ring (bicyclic) bond motifs is 2. The average molecular weight is 327 g/mol. The molecule has 0 radical (unpaired) electrons. The predicted molar refractivity (Wildman–Crippen MR) is 111 cm³/mol. The lowest BCUT2D eigenvalue weighted by atomic mass is 9.67. The smallest absolute Gasteiger partial charge is 0.0131 e. The van der Waals surface area contributed by atoms with E-state index < -0.39 is 0 Å². The van der Waals surface area contributed by atoms with Gasteiger partial charge in [0.1, 0.15) is 0 Å². The van der Waals surface area contributed by atoms with Crippen molar-refractivity contribution in [3.63, 3.8) is 0 Å². The summed E-state index contributed by atoms with van der Waals surface area (Å²) in [6, 6.07) is 13.7. The SMILES string of the molecule is CC.CC.CCC(C)C1CC(C)C(C)c2cc3ccccc3cc21. The van der Waals surface area contributed by atoms with Crippen molar-refractivity contribution in [2.45, 2.75) is 80.1 Å². The van der Waals surface area contributed by atoms with Gasteiger partial charge in [0.05, 0.1) is 0 Å². The van der Waals surface area contributed by atoms with Gasteiger partial charge in [0, 0.05) is 0 Å². The first kappa shape index (κ1) is 20.7. The topological polar surface area (TPSA) is 0 Å². The van der Waals surface area contributed by atoms with Crippen molar-refractivity contribution in [1.29, 1.82) is 0 Å². The summed E-state index contributed by atoms with van der Waals surface area (Å²) in [5, 5.41) is 2.80. The summed E-state index contributed by atoms with van der Waals surface area (Å²) in [5.74, 6) is 3.01. The molecule has 4 unspecified atom stereocenters. The van der Waals surface area contributed by atoms with Crippen LogP contribution in [0.2, 0.25) is 0 Å². The molecular weight excluding hydrogens is 288 g/mol. The monoisotopic (exact) mass is 326 g/mol. The summed E-state index contributed by atoms with van der Waals surface area (Å²) in [6.45, 7) is 17.6. The summed E-state index contributed by atoms with van der Waals surface area (Å²) in [4.78, 5) is 0. The highest BCUT2D eigenvalue weighted by Crippen LogP contribution is 2.47. The summed E-state index contributed by atoms with van der Waals surface area (Å²) in [7, 11) is 0. The van der Waals surface area contributed by atoms with E-state index in [1.165, 1.54) is 23.6 Å². The molecule has 0 saturated carbocycles. The molecule has 0 N–H and O–H groups in total. The molecule has 0 saturated heterocycles. The maximum absolute atomic E-state index is 2.48. The number of hydrogen-bond acceptors (Lipinski definition) is 0. The van der Waals surface area contributed by atoms with E-state index in [4.69, 9.17) is 0 Å². The Labute approximate surface area is 150 Å². The first-order valence-corrected chi connectivity index (χ1v) is 10.1. The summed E-state index contributed by atoms with van der Waals surface area (Å²) in [5.41, 5.74) is 3.23. The number of benzene rings is 2. The van der Waals surface area contributed by atoms with Crippen molar-refractivity contribution >= 4 is 10.8 Å². The molecule has 0 amide bonds. The van der Waals surface area contributed by atoms with Crippen molar-refractivity contribution in [1.82, 2.24) is 0 Å². The molecule has 0 nitrogen and oxygen atoms in total. The Morgan fingerprint density at radius 2 is 1.42 bits per heavy atom. The van der Waals surface area contributed by atoms with Crippen LogP contribution < -0.4 is 0 Å². The largest absolute Gasteiger partial charge is 0.0683 e. The highest BCUT2D eigenvalue weighted by Gasteiger charge is 2.32. The zero-order valence-corrected chi connectivity index (χ0v) is 17.2. The van der Waals surface area contributed by atoms with Gasteiger partial charge < -0.3 is 0 Å². The molecule has 0 fully saturated rings. The Balaban J connectivity index is 0.000000671. The number of rotatable bonds is 2. The minimum atomic E-state index is 0.690. The fraction of sp³-hybridized carbons (Fsp3) is 0.583. The van der Waals surface area contributed by atoms with Crippen molar-refractivity contribution in [3.05, 3.63) is 47.5 Å². The molecule has 0 spiro atoms. The van der Waals surface area contributed by atoms with E-state index in [0.717, 1.165) is 17.8 Å². The standard InChI is InChI=1S/C20H26.2C2H6/c1-5-13(2)18-10-14(3)15(4)19-11-16-8-6-7-9-17(16)12-20(18)19;2*1-2/h6-9,11-15,18H,5,10H2,1-4H3;2*1-2H3. The Kier molecular flexibility index (Phi) is 8.53. The Morgan fingerprint density at radius 1 is 0.917 bits per heavy atom. The lowest BCUT2D eigenvalue weighted by Gasteiger charge is -2.38. The molecule has 134 valence electrons. The average Bonchev–Trinajstić information content (AvgIpc) is 2.66. The molecule has 0 aromatic heterocycles. The molecule has 0 heteroatoms. The Morgan fingerprint density at radius 3 is 1.92 bits per heavy atom. The summed E-state index contributed by atoms with van der Waals surface area (Å²) < 4.78 is 0. The maximum Gasteiger partial charge on any atom is -0.0131 e. The fourth-order valence-electron chi connectivity index (χ4n) is 3.85. The Hall–Kier alpha value is -1.30. The zero-order valence-electron chi connectivity index (χ0n) is 17.2. The van der Waals surface area contributed by atoms with Crippen LogP contribution in [0.15, 0.2) is 36.4 Å². The third-order valence-corrected chi connectivity index (χ3v) is 5.65. The normalized spacial score (nSPS) is 23.2. The number of hydrogen-bond donors (Lipinski definition) is 0. The van der Waals surface area contributed by atoms with Crippen molar-refractivity contribution in [2.24, 2.45) is 11.8 Å². The lowest BCUT2D eigenvalue weighted by Crippen LogP contribution is -2.24. The van der Waals surface area contributed by atoms with Gasteiger partial charge in [0.15, 0.2) is 0 Å². The van der Waals surface area contributed by atoms with Crippen LogP contribution in [0.25, 0.3) is 10.8 Å². The van der Waals surface area contributed by atoms with Crippen LogP contribution in [0.5, 0.6) is 0 Å². The van der Waals surface area contributed by atoms with Gasteiger partial charge in [-0.25, -0.2) is 0 Å². The molecule has 3 rings (SSSR count). The van der Waals surface area contributed by atoms with Crippen LogP contribution in [-0.2, 0) is 0 Å². The predicted octanol–water partition coefficient (Wildman–Crippen LogP) is 8.17. The van der Waals surface area contributed by atoms with Crippen LogP contribution >= 0.6 is 0 Å².